The van der Waals surface area contributed by atoms with Crippen LogP contribution in [0.4, 0.5) is 0 Å². The Morgan fingerprint density at radius 2 is 2.05 bits per heavy atom. The number of hydrogen-bond donors (Lipinski definition) is 2. The van der Waals surface area contributed by atoms with Crippen LogP contribution in [0.1, 0.15) is 23.2 Å². The molecular weight excluding hydrogens is 280 g/mol. The Balaban J connectivity index is 1.66. The maximum Gasteiger partial charge on any atom is 0.261 e. The molecule has 1 amide bonds. The van der Waals surface area contributed by atoms with Crippen molar-refractivity contribution in [3.8, 4) is 0 Å². The van der Waals surface area contributed by atoms with Gasteiger partial charge in [-0.05, 0) is 36.3 Å². The van der Waals surface area contributed by atoms with E-state index < -0.39 is 0 Å². The van der Waals surface area contributed by atoms with Crippen LogP contribution in [0.15, 0.2) is 35.1 Å². The van der Waals surface area contributed by atoms with E-state index in [1.807, 2.05) is 24.3 Å². The number of aromatic amines is 1. The molecule has 2 heterocycles. The molecule has 5 nitrogen and oxygen atoms in total. The molecule has 1 saturated carbocycles. The first kappa shape index (κ1) is 13.5. The lowest BCUT2D eigenvalue weighted by Gasteiger charge is -2.18. The minimum Gasteiger partial charge on any atom is -0.393 e. The molecule has 4 rings (SSSR count). The third kappa shape index (κ3) is 2.04. The number of nitrogens with zero attached hydrogens (tertiary/aromatic N) is 1. The number of pyridine rings is 1. The Labute approximate surface area is 127 Å². The maximum atomic E-state index is 12.7. The van der Waals surface area contributed by atoms with Gasteiger partial charge in [0.2, 0.25) is 0 Å². The lowest BCUT2D eigenvalue weighted by molar-refractivity contribution is 0.0751. The van der Waals surface area contributed by atoms with E-state index in [1.54, 1.807) is 11.0 Å². The Morgan fingerprint density at radius 1 is 1.23 bits per heavy atom. The molecule has 2 aromatic rings. The second-order valence-corrected chi connectivity index (χ2v) is 6.38. The molecule has 22 heavy (non-hydrogen) atoms. The molecule has 1 aliphatic heterocycles. The molecule has 2 aliphatic rings. The first-order chi connectivity index (χ1) is 10.6. The van der Waals surface area contributed by atoms with Gasteiger partial charge in [-0.25, -0.2) is 0 Å². The van der Waals surface area contributed by atoms with Gasteiger partial charge in [-0.3, -0.25) is 9.59 Å². The standard InChI is InChI=1S/C17H18N2O3/c20-15-6-5-11-8-19(9-13(11)15)17(22)12-7-10-3-1-2-4-14(10)18-16(12)21/h1-4,7,11,13,15,20H,5-6,8-9H2,(H,18,21). The predicted molar refractivity (Wildman–Crippen MR) is 82.7 cm³/mol. The molecule has 0 spiro atoms. The molecule has 5 heteroatoms. The molecule has 0 bridgehead atoms. The lowest BCUT2D eigenvalue weighted by Crippen LogP contribution is -2.34. The van der Waals surface area contributed by atoms with Gasteiger partial charge in [-0.1, -0.05) is 18.2 Å². The van der Waals surface area contributed by atoms with Crippen LogP contribution < -0.4 is 5.56 Å². The normalized spacial score (nSPS) is 27.3. The number of hydrogen-bond acceptors (Lipinski definition) is 3. The molecular formula is C17H18N2O3. The van der Waals surface area contributed by atoms with Crippen LogP contribution in [-0.2, 0) is 0 Å². The van der Waals surface area contributed by atoms with Gasteiger partial charge in [0.1, 0.15) is 5.56 Å². The highest BCUT2D eigenvalue weighted by molar-refractivity contribution is 5.97. The molecule has 2 fully saturated rings. The van der Waals surface area contributed by atoms with E-state index in [-0.39, 0.29) is 29.1 Å². The van der Waals surface area contributed by atoms with Gasteiger partial charge in [0.05, 0.1) is 6.10 Å². The van der Waals surface area contributed by atoms with E-state index in [1.165, 1.54) is 0 Å². The molecule has 0 radical (unpaired) electrons. The molecule has 1 saturated heterocycles. The second kappa shape index (κ2) is 4.95. The van der Waals surface area contributed by atoms with Crippen LogP contribution in [0, 0.1) is 11.8 Å². The lowest BCUT2D eigenvalue weighted by atomic mass is 10.00. The van der Waals surface area contributed by atoms with Crippen molar-refractivity contribution in [3.63, 3.8) is 0 Å². The molecule has 1 aromatic heterocycles. The average Bonchev–Trinajstić information content (AvgIpc) is 3.08. The zero-order valence-corrected chi connectivity index (χ0v) is 12.2. The van der Waals surface area contributed by atoms with Gasteiger partial charge in [-0.2, -0.15) is 0 Å². The number of aliphatic hydroxyl groups is 1. The van der Waals surface area contributed by atoms with E-state index >= 15 is 0 Å². The molecule has 2 N–H and O–H groups in total. The monoisotopic (exact) mass is 298 g/mol. The summed E-state index contributed by atoms with van der Waals surface area (Å²) >= 11 is 0. The first-order valence-electron chi connectivity index (χ1n) is 7.73. The summed E-state index contributed by atoms with van der Waals surface area (Å²) in [7, 11) is 0. The van der Waals surface area contributed by atoms with Crippen LogP contribution in [0.25, 0.3) is 10.9 Å². The van der Waals surface area contributed by atoms with Gasteiger partial charge < -0.3 is 15.0 Å². The zero-order chi connectivity index (χ0) is 15.3. The molecule has 114 valence electrons. The van der Waals surface area contributed by atoms with Crippen molar-refractivity contribution in [2.45, 2.75) is 18.9 Å². The third-order valence-electron chi connectivity index (χ3n) is 5.09. The fourth-order valence-electron chi connectivity index (χ4n) is 3.88. The number of amides is 1. The smallest absolute Gasteiger partial charge is 0.261 e. The highest BCUT2D eigenvalue weighted by atomic mass is 16.3. The van der Waals surface area contributed by atoms with Crippen LogP contribution in [0.2, 0.25) is 0 Å². The molecule has 3 unspecified atom stereocenters. The molecule has 1 aliphatic carbocycles. The van der Waals surface area contributed by atoms with Gasteiger partial charge in [-0.15, -0.1) is 0 Å². The number of carbonyl (C=O) groups is 1. The topological polar surface area (TPSA) is 73.4 Å². The summed E-state index contributed by atoms with van der Waals surface area (Å²) in [5.74, 6) is 0.315. The minimum atomic E-state index is -0.346. The number of fused-ring (bicyclic) bond motifs is 2. The number of rotatable bonds is 1. The largest absolute Gasteiger partial charge is 0.393 e. The van der Waals surface area contributed by atoms with Crippen LogP contribution in [0.3, 0.4) is 0 Å². The number of likely N-dealkylation sites (tertiary alicyclic amines) is 1. The first-order valence-corrected chi connectivity index (χ1v) is 7.73. The summed E-state index contributed by atoms with van der Waals surface area (Å²) in [6.45, 7) is 1.20. The van der Waals surface area contributed by atoms with Crippen molar-refractivity contribution in [2.75, 3.05) is 13.1 Å². The zero-order valence-electron chi connectivity index (χ0n) is 12.2. The Morgan fingerprint density at radius 3 is 2.86 bits per heavy atom. The number of carbonyl (C=O) groups excluding carboxylic acids is 1. The van der Waals surface area contributed by atoms with Gasteiger partial charge in [0, 0.05) is 24.5 Å². The number of benzene rings is 1. The molecule has 1 aromatic carbocycles. The summed E-state index contributed by atoms with van der Waals surface area (Å²) in [6.07, 6.45) is 1.48. The summed E-state index contributed by atoms with van der Waals surface area (Å²) < 4.78 is 0. The van der Waals surface area contributed by atoms with Crippen LogP contribution in [0.5, 0.6) is 0 Å². The van der Waals surface area contributed by atoms with Crippen molar-refractivity contribution < 1.29 is 9.90 Å². The third-order valence-corrected chi connectivity index (χ3v) is 5.09. The fraction of sp³-hybridized carbons (Fsp3) is 0.412. The van der Waals surface area contributed by atoms with Crippen LogP contribution >= 0.6 is 0 Å². The quantitative estimate of drug-likeness (QED) is 0.835. The Bertz CT molecular complexity index is 798. The predicted octanol–water partition coefficient (Wildman–Crippen LogP) is 1.37. The highest BCUT2D eigenvalue weighted by Crippen LogP contribution is 2.38. The Hall–Kier alpha value is -2.14. The molecule has 3 atom stereocenters. The summed E-state index contributed by atoms with van der Waals surface area (Å²) in [5, 5.41) is 10.8. The van der Waals surface area contributed by atoms with Gasteiger partial charge >= 0.3 is 0 Å². The van der Waals surface area contributed by atoms with E-state index in [4.69, 9.17) is 0 Å². The summed E-state index contributed by atoms with van der Waals surface area (Å²) in [5.41, 5.74) is 0.576. The SMILES string of the molecule is O=C(c1cc2ccccc2[nH]c1=O)N1CC2CCC(O)C2C1. The van der Waals surface area contributed by atoms with E-state index in [9.17, 15) is 14.7 Å². The summed E-state index contributed by atoms with van der Waals surface area (Å²) in [4.78, 5) is 29.4. The maximum absolute atomic E-state index is 12.7. The average molecular weight is 298 g/mol. The van der Waals surface area contributed by atoms with Crippen molar-refractivity contribution >= 4 is 16.8 Å². The summed E-state index contributed by atoms with van der Waals surface area (Å²) in [6, 6.07) is 9.10. The van der Waals surface area contributed by atoms with Gasteiger partial charge in [0.25, 0.3) is 11.5 Å². The van der Waals surface area contributed by atoms with E-state index in [2.05, 4.69) is 4.98 Å². The van der Waals surface area contributed by atoms with E-state index in [0.29, 0.717) is 19.0 Å². The Kier molecular flexibility index (Phi) is 3.04. The number of aromatic nitrogens is 1. The van der Waals surface area contributed by atoms with Gasteiger partial charge in [0.15, 0.2) is 0 Å². The highest BCUT2D eigenvalue weighted by Gasteiger charge is 2.43. The van der Waals surface area contributed by atoms with Crippen molar-refractivity contribution in [1.82, 2.24) is 9.88 Å². The second-order valence-electron chi connectivity index (χ2n) is 6.38. The fourth-order valence-corrected chi connectivity index (χ4v) is 3.88. The van der Waals surface area contributed by atoms with Crippen molar-refractivity contribution in [2.24, 2.45) is 11.8 Å². The number of nitrogens with one attached hydrogen (secondary N) is 1. The van der Waals surface area contributed by atoms with Crippen molar-refractivity contribution in [1.29, 1.82) is 0 Å². The number of para-hydroxylation sites is 1. The van der Waals surface area contributed by atoms with Crippen molar-refractivity contribution in [3.05, 3.63) is 46.2 Å². The number of aliphatic hydroxyl groups excluding tert-OH is 1. The van der Waals surface area contributed by atoms with Crippen LogP contribution in [-0.4, -0.2) is 40.1 Å². The van der Waals surface area contributed by atoms with E-state index in [0.717, 1.165) is 23.7 Å². The number of H-pyrrole nitrogens is 1. The minimum absolute atomic E-state index is 0.170.